The quantitative estimate of drug-likeness (QED) is 0.212. The number of rotatable bonds is 7. The standard InChI is InChI=1S/C12H22O11/c13-1-3(15)5(16)7(18)9(20)11(22)12-10(21)8(19)6(17)4(2-14)23-12/h3-10,12-21H,1-2H2/t3?,4-,5?,6-,7?,8+,9?,10+,12?/m1/s1. The third kappa shape index (κ3) is 4.22. The summed E-state index contributed by atoms with van der Waals surface area (Å²) in [6.45, 7) is -1.74. The summed E-state index contributed by atoms with van der Waals surface area (Å²) in [6, 6.07) is 0. The largest absolute Gasteiger partial charge is 0.394 e. The highest BCUT2D eigenvalue weighted by Crippen LogP contribution is 2.23. The first-order valence-electron chi connectivity index (χ1n) is 6.84. The number of carbonyl (C=O) groups is 1. The molecular formula is C12H22O11. The Labute approximate surface area is 130 Å². The van der Waals surface area contributed by atoms with E-state index in [9.17, 15) is 40.5 Å². The van der Waals surface area contributed by atoms with E-state index >= 15 is 0 Å². The molecular weight excluding hydrogens is 320 g/mol. The highest BCUT2D eigenvalue weighted by Gasteiger charge is 2.49. The zero-order valence-electron chi connectivity index (χ0n) is 12.0. The average Bonchev–Trinajstić information content (AvgIpc) is 2.56. The maximum Gasteiger partial charge on any atom is 0.195 e. The van der Waals surface area contributed by atoms with E-state index in [1.54, 1.807) is 0 Å². The lowest BCUT2D eigenvalue weighted by atomic mass is 9.89. The van der Waals surface area contributed by atoms with Crippen LogP contribution in [0, 0.1) is 0 Å². The first-order chi connectivity index (χ1) is 10.7. The summed E-state index contributed by atoms with van der Waals surface area (Å²) in [7, 11) is 0. The second-order valence-corrected chi connectivity index (χ2v) is 5.33. The van der Waals surface area contributed by atoms with Crippen LogP contribution in [0.3, 0.4) is 0 Å². The molecule has 0 amide bonds. The van der Waals surface area contributed by atoms with E-state index in [2.05, 4.69) is 0 Å². The van der Waals surface area contributed by atoms with Gasteiger partial charge in [-0.2, -0.15) is 0 Å². The van der Waals surface area contributed by atoms with E-state index < -0.39 is 73.9 Å². The smallest absolute Gasteiger partial charge is 0.195 e. The van der Waals surface area contributed by atoms with E-state index in [0.29, 0.717) is 0 Å². The number of Topliss-reactive ketones (excluding diaryl/α,β-unsaturated/α-hetero) is 1. The number of ketones is 1. The Hall–Kier alpha value is -0.730. The van der Waals surface area contributed by atoms with Crippen LogP contribution in [0.5, 0.6) is 0 Å². The Morgan fingerprint density at radius 3 is 1.96 bits per heavy atom. The molecule has 0 bridgehead atoms. The molecule has 0 aromatic heterocycles. The highest BCUT2D eigenvalue weighted by atomic mass is 16.5. The molecule has 0 aliphatic carbocycles. The molecule has 0 radical (unpaired) electrons. The van der Waals surface area contributed by atoms with Gasteiger partial charge in [0, 0.05) is 0 Å². The van der Waals surface area contributed by atoms with Crippen LogP contribution in [0.4, 0.5) is 0 Å². The van der Waals surface area contributed by atoms with Gasteiger partial charge in [0.2, 0.25) is 0 Å². The molecule has 0 spiro atoms. The van der Waals surface area contributed by atoms with Gasteiger partial charge in [0.1, 0.15) is 54.9 Å². The molecule has 11 heteroatoms. The predicted octanol–water partition coefficient (Wildman–Crippen LogP) is -6.17. The van der Waals surface area contributed by atoms with Crippen LogP contribution in [0.1, 0.15) is 0 Å². The topological polar surface area (TPSA) is 208 Å². The molecule has 1 rings (SSSR count). The Balaban J connectivity index is 2.85. The summed E-state index contributed by atoms with van der Waals surface area (Å²) >= 11 is 0. The summed E-state index contributed by atoms with van der Waals surface area (Å²) in [6.07, 6.45) is -17.2. The monoisotopic (exact) mass is 342 g/mol. The lowest BCUT2D eigenvalue weighted by Gasteiger charge is -2.40. The van der Waals surface area contributed by atoms with E-state index in [4.69, 9.17) is 14.9 Å². The van der Waals surface area contributed by atoms with E-state index in [1.165, 1.54) is 0 Å². The van der Waals surface area contributed by atoms with Crippen molar-refractivity contribution in [2.75, 3.05) is 13.2 Å². The van der Waals surface area contributed by atoms with Gasteiger partial charge in [-0.05, 0) is 0 Å². The molecule has 1 fully saturated rings. The maximum absolute atomic E-state index is 12.1. The van der Waals surface area contributed by atoms with Crippen molar-refractivity contribution < 1.29 is 55.5 Å². The maximum atomic E-state index is 12.1. The molecule has 5 unspecified atom stereocenters. The van der Waals surface area contributed by atoms with Crippen LogP contribution in [0.2, 0.25) is 0 Å². The SMILES string of the molecule is O=C(C(O)C(O)C(O)C(O)CO)C1O[C@H](CO)[C@@H](O)[C@H](O)[C@@H]1O. The molecule has 9 atom stereocenters. The molecule has 1 saturated heterocycles. The molecule has 1 heterocycles. The van der Waals surface area contributed by atoms with Crippen molar-refractivity contribution in [2.24, 2.45) is 0 Å². The lowest BCUT2D eigenvalue weighted by molar-refractivity contribution is -0.231. The van der Waals surface area contributed by atoms with Gasteiger partial charge in [-0.3, -0.25) is 4.79 Å². The Morgan fingerprint density at radius 1 is 0.913 bits per heavy atom. The first-order valence-corrected chi connectivity index (χ1v) is 6.84. The van der Waals surface area contributed by atoms with Crippen LogP contribution < -0.4 is 0 Å². The van der Waals surface area contributed by atoms with Crippen molar-refractivity contribution in [3.8, 4) is 0 Å². The van der Waals surface area contributed by atoms with Gasteiger partial charge in [-0.25, -0.2) is 0 Å². The molecule has 0 saturated carbocycles. The van der Waals surface area contributed by atoms with Crippen LogP contribution in [-0.4, -0.2) is 120 Å². The second-order valence-electron chi connectivity index (χ2n) is 5.33. The van der Waals surface area contributed by atoms with Crippen LogP contribution in [-0.2, 0) is 9.53 Å². The molecule has 11 nitrogen and oxygen atoms in total. The molecule has 1 aliphatic rings. The summed E-state index contributed by atoms with van der Waals surface area (Å²) in [5.74, 6) is -1.35. The van der Waals surface area contributed by atoms with E-state index in [-0.39, 0.29) is 0 Å². The highest BCUT2D eigenvalue weighted by molar-refractivity contribution is 5.88. The van der Waals surface area contributed by atoms with Gasteiger partial charge < -0.3 is 50.7 Å². The van der Waals surface area contributed by atoms with Crippen LogP contribution >= 0.6 is 0 Å². The van der Waals surface area contributed by atoms with E-state index in [1.807, 2.05) is 0 Å². The van der Waals surface area contributed by atoms with Crippen LogP contribution in [0.15, 0.2) is 0 Å². The van der Waals surface area contributed by atoms with Gasteiger partial charge in [0.25, 0.3) is 0 Å². The third-order valence-electron chi connectivity index (χ3n) is 3.72. The van der Waals surface area contributed by atoms with Crippen molar-refractivity contribution in [3.63, 3.8) is 0 Å². The summed E-state index contributed by atoms with van der Waals surface area (Å²) < 4.78 is 4.91. The lowest BCUT2D eigenvalue weighted by Crippen LogP contribution is -2.63. The number of aliphatic hydroxyl groups is 9. The number of carbonyl (C=O) groups excluding carboxylic acids is 1. The van der Waals surface area contributed by atoms with Gasteiger partial charge in [-0.15, -0.1) is 0 Å². The fourth-order valence-corrected chi connectivity index (χ4v) is 2.20. The Bertz CT molecular complexity index is 389. The van der Waals surface area contributed by atoms with Crippen LogP contribution in [0.25, 0.3) is 0 Å². The number of hydrogen-bond acceptors (Lipinski definition) is 11. The fraction of sp³-hybridized carbons (Fsp3) is 0.917. The van der Waals surface area contributed by atoms with Crippen molar-refractivity contribution in [3.05, 3.63) is 0 Å². The molecule has 0 aromatic carbocycles. The van der Waals surface area contributed by atoms with Gasteiger partial charge in [0.05, 0.1) is 13.2 Å². The molecule has 1 aliphatic heterocycles. The second kappa shape index (κ2) is 8.39. The van der Waals surface area contributed by atoms with Gasteiger partial charge in [0.15, 0.2) is 5.78 Å². The Kier molecular flexibility index (Phi) is 7.41. The average molecular weight is 342 g/mol. The minimum atomic E-state index is -2.33. The predicted molar refractivity (Wildman–Crippen MR) is 69.9 cm³/mol. The van der Waals surface area contributed by atoms with Crippen molar-refractivity contribution in [1.82, 2.24) is 0 Å². The third-order valence-corrected chi connectivity index (χ3v) is 3.72. The number of aliphatic hydroxyl groups excluding tert-OH is 9. The fourth-order valence-electron chi connectivity index (χ4n) is 2.20. The zero-order chi connectivity index (χ0) is 17.9. The van der Waals surface area contributed by atoms with Gasteiger partial charge >= 0.3 is 0 Å². The van der Waals surface area contributed by atoms with Crippen molar-refractivity contribution >= 4 is 5.78 Å². The number of ether oxygens (including phenoxy) is 1. The summed E-state index contributed by atoms with van der Waals surface area (Å²) in [5, 5.41) is 84.5. The van der Waals surface area contributed by atoms with Crippen molar-refractivity contribution in [2.45, 2.75) is 54.9 Å². The minimum Gasteiger partial charge on any atom is -0.394 e. The molecule has 9 N–H and O–H groups in total. The minimum absolute atomic E-state index is 0.792. The zero-order valence-corrected chi connectivity index (χ0v) is 12.0. The molecule has 23 heavy (non-hydrogen) atoms. The van der Waals surface area contributed by atoms with Gasteiger partial charge in [-0.1, -0.05) is 0 Å². The normalized spacial score (nSPS) is 37.0. The first kappa shape index (κ1) is 20.3. The van der Waals surface area contributed by atoms with Crippen molar-refractivity contribution in [1.29, 1.82) is 0 Å². The summed E-state index contributed by atoms with van der Waals surface area (Å²) in [4.78, 5) is 12.1. The summed E-state index contributed by atoms with van der Waals surface area (Å²) in [5.41, 5.74) is 0. The molecule has 136 valence electrons. The number of hydrogen-bond donors (Lipinski definition) is 9. The van der Waals surface area contributed by atoms with E-state index in [0.717, 1.165) is 0 Å². The Morgan fingerprint density at radius 2 is 1.48 bits per heavy atom. The molecule has 0 aromatic rings.